The molecule has 22 heavy (non-hydrogen) atoms. The van der Waals surface area contributed by atoms with Gasteiger partial charge in [-0.25, -0.2) is 0 Å². The first-order valence-corrected chi connectivity index (χ1v) is 7.60. The first-order valence-electron chi connectivity index (χ1n) is 7.60. The van der Waals surface area contributed by atoms with Crippen LogP contribution in [-0.4, -0.2) is 10.7 Å². The van der Waals surface area contributed by atoms with Gasteiger partial charge in [0.05, 0.1) is 17.1 Å². The van der Waals surface area contributed by atoms with Crippen LogP contribution in [0.15, 0.2) is 47.6 Å². The molecule has 0 amide bonds. The van der Waals surface area contributed by atoms with Gasteiger partial charge in [-0.2, -0.15) is 0 Å². The maximum Gasteiger partial charge on any atom is 0.0841 e. The van der Waals surface area contributed by atoms with Gasteiger partial charge in [-0.3, -0.25) is 9.98 Å². The van der Waals surface area contributed by atoms with Crippen molar-refractivity contribution in [1.29, 1.82) is 0 Å². The van der Waals surface area contributed by atoms with E-state index in [4.69, 9.17) is 4.99 Å². The zero-order valence-electron chi connectivity index (χ0n) is 13.9. The summed E-state index contributed by atoms with van der Waals surface area (Å²) in [4.78, 5) is 9.32. The molecule has 3 heteroatoms. The quantitative estimate of drug-likeness (QED) is 0.537. The molecule has 0 atom stereocenters. The third-order valence-corrected chi connectivity index (χ3v) is 3.66. The third-order valence-electron chi connectivity index (χ3n) is 3.66. The Morgan fingerprint density at radius 1 is 0.909 bits per heavy atom. The van der Waals surface area contributed by atoms with Crippen molar-refractivity contribution in [2.75, 3.05) is 0 Å². The molecule has 2 rings (SSSR count). The summed E-state index contributed by atoms with van der Waals surface area (Å²) in [5.41, 5.74) is 5.62. The minimum Gasteiger partial charge on any atom is -0.255 e. The molecule has 0 spiro atoms. The molecule has 0 radical (unpaired) electrons. The van der Waals surface area contributed by atoms with Crippen molar-refractivity contribution >= 4 is 11.4 Å². The molecule has 2 aromatic rings. The summed E-state index contributed by atoms with van der Waals surface area (Å²) in [6, 6.07) is 12.4. The zero-order valence-corrected chi connectivity index (χ0v) is 15.0. The van der Waals surface area contributed by atoms with E-state index in [1.54, 1.807) is 0 Å². The van der Waals surface area contributed by atoms with E-state index in [-0.39, 0.29) is 17.1 Å². The number of nitrogens with zero attached hydrogens (tertiary/aromatic N) is 2. The van der Waals surface area contributed by atoms with Gasteiger partial charge >= 0.3 is 0 Å². The fourth-order valence-electron chi connectivity index (χ4n) is 2.44. The van der Waals surface area contributed by atoms with E-state index in [1.807, 2.05) is 31.3 Å². The molecule has 118 valence electrons. The molecule has 0 fully saturated rings. The van der Waals surface area contributed by atoms with E-state index < -0.39 is 0 Å². The number of para-hydroxylation sites is 1. The Kier molecular flexibility index (Phi) is 6.99. The second kappa shape index (κ2) is 8.26. The Hall–Kier alpha value is -1.44. The Morgan fingerprint density at radius 3 is 1.95 bits per heavy atom. The topological polar surface area (TPSA) is 25.2 Å². The minimum atomic E-state index is 0. The van der Waals surface area contributed by atoms with E-state index >= 15 is 0 Å². The Balaban J connectivity index is 0.00000242. The molecule has 1 aromatic carbocycles. The minimum absolute atomic E-state index is 0. The van der Waals surface area contributed by atoms with E-state index in [2.05, 4.69) is 50.9 Å². The molecule has 0 N–H and O–H groups in total. The van der Waals surface area contributed by atoms with Gasteiger partial charge in [-0.1, -0.05) is 52.0 Å². The average molecular weight is 336 g/mol. The van der Waals surface area contributed by atoms with E-state index in [0.717, 1.165) is 17.1 Å². The average Bonchev–Trinajstić information content (AvgIpc) is 2.47. The third kappa shape index (κ3) is 4.28. The SMILES string of the molecule is CC(=Nc1c(C(C)C)cccc1C(C)C)c1ccccn1.[Fe]. The predicted molar refractivity (Wildman–Crippen MR) is 90.7 cm³/mol. The predicted octanol–water partition coefficient (Wildman–Crippen LogP) is 5.47. The van der Waals surface area contributed by atoms with E-state index in [0.29, 0.717) is 11.8 Å². The first-order chi connectivity index (χ1) is 10.0. The molecule has 0 aliphatic rings. The van der Waals surface area contributed by atoms with Crippen molar-refractivity contribution < 1.29 is 17.1 Å². The first kappa shape index (κ1) is 18.6. The maximum atomic E-state index is 4.93. The summed E-state index contributed by atoms with van der Waals surface area (Å²) >= 11 is 0. The number of aliphatic imine (C=N–C) groups is 1. The Labute approximate surface area is 144 Å². The van der Waals surface area contributed by atoms with Gasteiger partial charge in [-0.05, 0) is 42.0 Å². The Morgan fingerprint density at radius 2 is 1.50 bits per heavy atom. The van der Waals surface area contributed by atoms with Crippen LogP contribution in [0, 0.1) is 0 Å². The van der Waals surface area contributed by atoms with Crippen LogP contribution in [0.3, 0.4) is 0 Å². The van der Waals surface area contributed by atoms with Crippen molar-refractivity contribution in [3.63, 3.8) is 0 Å². The van der Waals surface area contributed by atoms with Crippen molar-refractivity contribution in [3.8, 4) is 0 Å². The fraction of sp³-hybridized carbons (Fsp3) is 0.368. The Bertz CT molecular complexity index is 605. The van der Waals surface area contributed by atoms with Crippen LogP contribution in [0.1, 0.15) is 63.3 Å². The van der Waals surface area contributed by atoms with Crippen LogP contribution in [0.2, 0.25) is 0 Å². The fourth-order valence-corrected chi connectivity index (χ4v) is 2.44. The van der Waals surface area contributed by atoms with Gasteiger partial charge < -0.3 is 0 Å². The molecule has 0 saturated heterocycles. The largest absolute Gasteiger partial charge is 0.255 e. The standard InChI is InChI=1S/C19H24N2.Fe/c1-13(2)16-9-8-10-17(14(3)4)19(16)21-15(5)18-11-6-7-12-20-18;/h6-14H,1-5H3;. The molecular weight excluding hydrogens is 312 g/mol. The van der Waals surface area contributed by atoms with Crippen molar-refractivity contribution in [1.82, 2.24) is 4.98 Å². The molecular formula is C19H24FeN2. The van der Waals surface area contributed by atoms with Gasteiger partial charge in [-0.15, -0.1) is 0 Å². The van der Waals surface area contributed by atoms with Gasteiger partial charge in [0, 0.05) is 23.3 Å². The number of rotatable bonds is 4. The van der Waals surface area contributed by atoms with Gasteiger partial charge in [0.25, 0.3) is 0 Å². The van der Waals surface area contributed by atoms with E-state index in [9.17, 15) is 0 Å². The second-order valence-electron chi connectivity index (χ2n) is 6.01. The van der Waals surface area contributed by atoms with Crippen LogP contribution >= 0.6 is 0 Å². The van der Waals surface area contributed by atoms with Crippen molar-refractivity contribution in [2.45, 2.75) is 46.5 Å². The number of benzene rings is 1. The molecule has 0 aliphatic carbocycles. The van der Waals surface area contributed by atoms with Gasteiger partial charge in [0.2, 0.25) is 0 Å². The zero-order chi connectivity index (χ0) is 15.4. The molecule has 0 unspecified atom stereocenters. The normalized spacial score (nSPS) is 11.7. The summed E-state index contributed by atoms with van der Waals surface area (Å²) in [5, 5.41) is 0. The van der Waals surface area contributed by atoms with Gasteiger partial charge in [0.15, 0.2) is 0 Å². The number of pyridine rings is 1. The van der Waals surface area contributed by atoms with Crippen LogP contribution in [0.5, 0.6) is 0 Å². The summed E-state index contributed by atoms with van der Waals surface area (Å²) in [7, 11) is 0. The molecule has 2 nitrogen and oxygen atoms in total. The van der Waals surface area contributed by atoms with Gasteiger partial charge in [0.1, 0.15) is 0 Å². The van der Waals surface area contributed by atoms with Crippen molar-refractivity contribution in [2.24, 2.45) is 4.99 Å². The molecule has 1 heterocycles. The van der Waals surface area contributed by atoms with Crippen LogP contribution < -0.4 is 0 Å². The smallest absolute Gasteiger partial charge is 0.0841 e. The van der Waals surface area contributed by atoms with Crippen LogP contribution in [0.25, 0.3) is 0 Å². The maximum absolute atomic E-state index is 4.93. The monoisotopic (exact) mass is 336 g/mol. The van der Waals surface area contributed by atoms with Crippen LogP contribution in [-0.2, 0) is 17.1 Å². The molecule has 0 aliphatic heterocycles. The number of aromatic nitrogens is 1. The molecule has 0 bridgehead atoms. The van der Waals surface area contributed by atoms with Crippen LogP contribution in [0.4, 0.5) is 5.69 Å². The number of hydrogen-bond acceptors (Lipinski definition) is 2. The summed E-state index contributed by atoms with van der Waals surface area (Å²) in [5.74, 6) is 0.915. The van der Waals surface area contributed by atoms with E-state index in [1.165, 1.54) is 11.1 Å². The summed E-state index contributed by atoms with van der Waals surface area (Å²) < 4.78 is 0. The second-order valence-corrected chi connectivity index (χ2v) is 6.01. The summed E-state index contributed by atoms with van der Waals surface area (Å²) in [6.45, 7) is 10.9. The van der Waals surface area contributed by atoms with Crippen molar-refractivity contribution in [3.05, 3.63) is 59.4 Å². The molecule has 0 saturated carbocycles. The summed E-state index contributed by atoms with van der Waals surface area (Å²) in [6.07, 6.45) is 1.81. The molecule has 1 aromatic heterocycles. The number of hydrogen-bond donors (Lipinski definition) is 0.